The molecule has 0 radical (unpaired) electrons. The minimum atomic E-state index is 0.134. The second-order valence-electron chi connectivity index (χ2n) is 5.73. The van der Waals surface area contributed by atoms with E-state index in [4.69, 9.17) is 9.47 Å². The molecule has 108 valence electrons. The van der Waals surface area contributed by atoms with Crippen LogP contribution in [0.3, 0.4) is 0 Å². The average Bonchev–Trinajstić information content (AvgIpc) is 2.90. The molecule has 0 aromatic heterocycles. The van der Waals surface area contributed by atoms with E-state index in [1.807, 2.05) is 0 Å². The summed E-state index contributed by atoms with van der Waals surface area (Å²) in [7, 11) is 3.41. The molecule has 0 aliphatic carbocycles. The molecule has 0 amide bonds. The van der Waals surface area contributed by atoms with Crippen molar-refractivity contribution in [1.29, 1.82) is 0 Å². The lowest BCUT2D eigenvalue weighted by molar-refractivity contribution is 0.125. The number of ether oxygens (including phenoxy) is 2. The minimum absolute atomic E-state index is 0.134. The number of rotatable bonds is 4. The molecule has 1 saturated heterocycles. The number of methoxy groups -OCH3 is 2. The van der Waals surface area contributed by atoms with Crippen molar-refractivity contribution >= 4 is 0 Å². The van der Waals surface area contributed by atoms with Crippen LogP contribution in [0.1, 0.15) is 30.4 Å². The Hall–Kier alpha value is -1.48. The van der Waals surface area contributed by atoms with Crippen LogP contribution in [0.15, 0.2) is 24.8 Å². The van der Waals surface area contributed by atoms with Gasteiger partial charge in [-0.25, -0.2) is 0 Å². The van der Waals surface area contributed by atoms with Gasteiger partial charge in [-0.05, 0) is 55.5 Å². The Kier molecular flexibility index (Phi) is 3.47. The first kappa shape index (κ1) is 13.5. The molecule has 3 rings (SSSR count). The maximum Gasteiger partial charge on any atom is 0.161 e. The molecule has 0 N–H and O–H groups in total. The number of nitrogens with zero attached hydrogens (tertiary/aromatic N) is 1. The first-order chi connectivity index (χ1) is 9.75. The lowest BCUT2D eigenvalue weighted by Gasteiger charge is -2.44. The second kappa shape index (κ2) is 5.13. The normalized spacial score (nSPS) is 24.9. The molecule has 1 atom stereocenters. The van der Waals surface area contributed by atoms with Gasteiger partial charge in [-0.1, -0.05) is 6.08 Å². The second-order valence-corrected chi connectivity index (χ2v) is 5.73. The van der Waals surface area contributed by atoms with E-state index < -0.39 is 0 Å². The summed E-state index contributed by atoms with van der Waals surface area (Å²) in [6.07, 6.45) is 6.64. The van der Waals surface area contributed by atoms with Crippen LogP contribution in [0, 0.1) is 0 Å². The molecule has 1 fully saturated rings. The van der Waals surface area contributed by atoms with Crippen LogP contribution in [0.25, 0.3) is 0 Å². The van der Waals surface area contributed by atoms with Crippen LogP contribution < -0.4 is 9.47 Å². The maximum absolute atomic E-state index is 5.50. The third kappa shape index (κ3) is 1.84. The Labute approximate surface area is 121 Å². The molecular formula is C17H23NO2. The van der Waals surface area contributed by atoms with Crippen molar-refractivity contribution in [3.8, 4) is 11.5 Å². The third-order valence-electron chi connectivity index (χ3n) is 4.87. The molecule has 20 heavy (non-hydrogen) atoms. The average molecular weight is 273 g/mol. The highest BCUT2D eigenvalue weighted by atomic mass is 16.5. The molecular weight excluding hydrogens is 250 g/mol. The van der Waals surface area contributed by atoms with Gasteiger partial charge in [-0.15, -0.1) is 6.58 Å². The molecule has 3 nitrogen and oxygen atoms in total. The van der Waals surface area contributed by atoms with Crippen LogP contribution >= 0.6 is 0 Å². The highest BCUT2D eigenvalue weighted by Gasteiger charge is 2.45. The van der Waals surface area contributed by atoms with Gasteiger partial charge >= 0.3 is 0 Å². The van der Waals surface area contributed by atoms with E-state index in [2.05, 4.69) is 29.7 Å². The lowest BCUT2D eigenvalue weighted by Crippen LogP contribution is -2.46. The van der Waals surface area contributed by atoms with Crippen molar-refractivity contribution in [1.82, 2.24) is 4.90 Å². The van der Waals surface area contributed by atoms with Gasteiger partial charge in [0.05, 0.1) is 14.2 Å². The topological polar surface area (TPSA) is 21.7 Å². The molecule has 1 unspecified atom stereocenters. The van der Waals surface area contributed by atoms with Crippen molar-refractivity contribution in [3.63, 3.8) is 0 Å². The van der Waals surface area contributed by atoms with E-state index in [1.54, 1.807) is 14.2 Å². The summed E-state index contributed by atoms with van der Waals surface area (Å²) in [5.74, 6) is 1.68. The smallest absolute Gasteiger partial charge is 0.161 e. The molecule has 1 aromatic carbocycles. The number of benzene rings is 1. The fraction of sp³-hybridized carbons (Fsp3) is 0.529. The standard InChI is InChI=1S/C17H23NO2/c1-4-7-17-8-5-9-18(17)10-6-13-11-15(19-2)16(20-3)12-14(13)17/h4,11-12H,1,5-10H2,2-3H3. The number of hydrogen-bond acceptors (Lipinski definition) is 3. The molecule has 0 saturated carbocycles. The van der Waals surface area contributed by atoms with Gasteiger partial charge in [-0.2, -0.15) is 0 Å². The van der Waals surface area contributed by atoms with Crippen molar-refractivity contribution in [2.45, 2.75) is 31.2 Å². The van der Waals surface area contributed by atoms with Gasteiger partial charge in [0.2, 0.25) is 0 Å². The summed E-state index contributed by atoms with van der Waals surface area (Å²) in [5.41, 5.74) is 2.95. The molecule has 1 aromatic rings. The van der Waals surface area contributed by atoms with Crippen molar-refractivity contribution < 1.29 is 9.47 Å². The zero-order chi connectivity index (χ0) is 14.2. The molecule has 2 aliphatic heterocycles. The van der Waals surface area contributed by atoms with Crippen LogP contribution in [0.5, 0.6) is 11.5 Å². The summed E-state index contributed by atoms with van der Waals surface area (Å²) in [6, 6.07) is 4.35. The van der Waals surface area contributed by atoms with Gasteiger partial charge in [0.15, 0.2) is 11.5 Å². The summed E-state index contributed by atoms with van der Waals surface area (Å²) >= 11 is 0. The molecule has 2 heterocycles. The van der Waals surface area contributed by atoms with Gasteiger partial charge in [0.25, 0.3) is 0 Å². The van der Waals surface area contributed by atoms with E-state index in [-0.39, 0.29) is 5.54 Å². The van der Waals surface area contributed by atoms with Crippen LogP contribution in [-0.2, 0) is 12.0 Å². The van der Waals surface area contributed by atoms with E-state index in [1.165, 1.54) is 30.5 Å². The van der Waals surface area contributed by atoms with Gasteiger partial charge < -0.3 is 9.47 Å². The van der Waals surface area contributed by atoms with E-state index in [9.17, 15) is 0 Å². The Bertz CT molecular complexity index is 526. The predicted molar refractivity (Wildman–Crippen MR) is 80.5 cm³/mol. The first-order valence-corrected chi connectivity index (χ1v) is 7.36. The van der Waals surface area contributed by atoms with E-state index in [0.717, 1.165) is 30.9 Å². The Morgan fingerprint density at radius 3 is 2.70 bits per heavy atom. The zero-order valence-corrected chi connectivity index (χ0v) is 12.4. The maximum atomic E-state index is 5.50. The molecule has 0 spiro atoms. The van der Waals surface area contributed by atoms with E-state index >= 15 is 0 Å². The Morgan fingerprint density at radius 2 is 2.00 bits per heavy atom. The van der Waals surface area contributed by atoms with Crippen molar-refractivity contribution in [2.24, 2.45) is 0 Å². The highest BCUT2D eigenvalue weighted by Crippen LogP contribution is 2.48. The van der Waals surface area contributed by atoms with Crippen molar-refractivity contribution in [2.75, 3.05) is 27.3 Å². The molecule has 3 heteroatoms. The fourth-order valence-electron chi connectivity index (χ4n) is 3.96. The minimum Gasteiger partial charge on any atom is -0.493 e. The van der Waals surface area contributed by atoms with Gasteiger partial charge in [-0.3, -0.25) is 4.90 Å². The summed E-state index contributed by atoms with van der Waals surface area (Å²) in [4.78, 5) is 2.63. The SMILES string of the molecule is C=CCC12CCCN1CCc1cc(OC)c(OC)cc12. The summed E-state index contributed by atoms with van der Waals surface area (Å²) < 4.78 is 11.0. The van der Waals surface area contributed by atoms with Crippen LogP contribution in [-0.4, -0.2) is 32.2 Å². The summed E-state index contributed by atoms with van der Waals surface area (Å²) in [6.45, 7) is 6.31. The Balaban J connectivity index is 2.15. The summed E-state index contributed by atoms with van der Waals surface area (Å²) in [5, 5.41) is 0. The van der Waals surface area contributed by atoms with Crippen molar-refractivity contribution in [3.05, 3.63) is 35.9 Å². The van der Waals surface area contributed by atoms with Gasteiger partial charge in [0, 0.05) is 12.1 Å². The fourth-order valence-corrected chi connectivity index (χ4v) is 3.96. The Morgan fingerprint density at radius 1 is 1.25 bits per heavy atom. The third-order valence-corrected chi connectivity index (χ3v) is 4.87. The molecule has 0 bridgehead atoms. The van der Waals surface area contributed by atoms with Crippen LogP contribution in [0.4, 0.5) is 0 Å². The zero-order valence-electron chi connectivity index (χ0n) is 12.4. The first-order valence-electron chi connectivity index (χ1n) is 7.36. The lowest BCUT2D eigenvalue weighted by atomic mass is 9.78. The van der Waals surface area contributed by atoms with E-state index in [0.29, 0.717) is 0 Å². The highest BCUT2D eigenvalue weighted by molar-refractivity contribution is 5.51. The predicted octanol–water partition coefficient (Wildman–Crippen LogP) is 3.13. The van der Waals surface area contributed by atoms with Gasteiger partial charge in [0.1, 0.15) is 0 Å². The van der Waals surface area contributed by atoms with Crippen LogP contribution in [0.2, 0.25) is 0 Å². The quantitative estimate of drug-likeness (QED) is 0.787. The number of fused-ring (bicyclic) bond motifs is 3. The molecule has 2 aliphatic rings. The number of hydrogen-bond donors (Lipinski definition) is 0. The monoisotopic (exact) mass is 273 g/mol. The largest absolute Gasteiger partial charge is 0.493 e.